The van der Waals surface area contributed by atoms with Crippen LogP contribution in [0.1, 0.15) is 47.5 Å². The SMILES string of the molecule is CCC(=O)C(OCC(C)(F)F)(OC(=O)C(C)(C)CC)C(F)(F)F. The summed E-state index contributed by atoms with van der Waals surface area (Å²) in [6, 6.07) is 0. The van der Waals surface area contributed by atoms with Gasteiger partial charge in [-0.05, 0) is 20.3 Å². The molecule has 0 aliphatic rings. The summed E-state index contributed by atoms with van der Waals surface area (Å²) in [5, 5.41) is 0. The Bertz CT molecular complexity index is 439. The van der Waals surface area contributed by atoms with Crippen molar-refractivity contribution in [3.05, 3.63) is 0 Å². The summed E-state index contributed by atoms with van der Waals surface area (Å²) in [5.41, 5.74) is -1.34. The third-order valence-corrected chi connectivity index (χ3v) is 3.26. The Morgan fingerprint density at radius 2 is 1.43 bits per heavy atom. The van der Waals surface area contributed by atoms with Gasteiger partial charge in [-0.25, -0.2) is 8.78 Å². The fourth-order valence-corrected chi connectivity index (χ4v) is 1.34. The lowest BCUT2D eigenvalue weighted by atomic mass is 9.90. The largest absolute Gasteiger partial charge is 0.463 e. The fraction of sp³-hybridized carbons (Fsp3) is 0.857. The molecule has 23 heavy (non-hydrogen) atoms. The number of rotatable bonds is 8. The maximum atomic E-state index is 13.4. The highest BCUT2D eigenvalue weighted by molar-refractivity contribution is 5.89. The van der Waals surface area contributed by atoms with Crippen LogP contribution in [-0.2, 0) is 19.1 Å². The van der Waals surface area contributed by atoms with Gasteiger partial charge in [0.05, 0.1) is 5.41 Å². The molecule has 0 saturated carbocycles. The lowest BCUT2D eigenvalue weighted by Crippen LogP contribution is -2.59. The summed E-state index contributed by atoms with van der Waals surface area (Å²) in [4.78, 5) is 23.7. The van der Waals surface area contributed by atoms with Crippen LogP contribution in [0.3, 0.4) is 0 Å². The lowest BCUT2D eigenvalue weighted by Gasteiger charge is -2.36. The van der Waals surface area contributed by atoms with Gasteiger partial charge >= 0.3 is 17.9 Å². The van der Waals surface area contributed by atoms with E-state index < -0.39 is 48.1 Å². The van der Waals surface area contributed by atoms with Crippen molar-refractivity contribution < 1.29 is 41.0 Å². The van der Waals surface area contributed by atoms with Crippen LogP contribution in [0.2, 0.25) is 0 Å². The minimum atomic E-state index is -5.50. The molecule has 9 heteroatoms. The first-order chi connectivity index (χ1) is 10.1. The predicted molar refractivity (Wildman–Crippen MR) is 70.8 cm³/mol. The summed E-state index contributed by atoms with van der Waals surface area (Å²) in [6.07, 6.45) is -6.09. The molecular formula is C14H21F5O4. The zero-order valence-corrected chi connectivity index (χ0v) is 13.6. The van der Waals surface area contributed by atoms with E-state index >= 15 is 0 Å². The minimum absolute atomic E-state index is 0.115. The van der Waals surface area contributed by atoms with Gasteiger partial charge < -0.3 is 9.47 Å². The summed E-state index contributed by atoms with van der Waals surface area (Å²) < 4.78 is 74.4. The van der Waals surface area contributed by atoms with Crippen molar-refractivity contribution in [2.45, 2.75) is 65.3 Å². The second-order valence-corrected chi connectivity index (χ2v) is 5.88. The van der Waals surface area contributed by atoms with Gasteiger partial charge in [0.25, 0.3) is 5.92 Å². The molecule has 0 bridgehead atoms. The van der Waals surface area contributed by atoms with Gasteiger partial charge in [0, 0.05) is 13.3 Å². The molecule has 0 spiro atoms. The predicted octanol–water partition coefficient (Wildman–Crippen LogP) is 3.88. The molecule has 0 aromatic carbocycles. The number of carbonyl (C=O) groups is 2. The maximum Gasteiger partial charge on any atom is 0.463 e. The molecule has 0 heterocycles. The molecule has 0 aliphatic carbocycles. The third-order valence-electron chi connectivity index (χ3n) is 3.26. The summed E-state index contributed by atoms with van der Waals surface area (Å²) in [5.74, 6) is -10.7. The second kappa shape index (κ2) is 7.11. The Morgan fingerprint density at radius 1 is 0.957 bits per heavy atom. The number of halogens is 5. The molecule has 0 aromatic heterocycles. The first kappa shape index (κ1) is 21.8. The van der Waals surface area contributed by atoms with E-state index in [9.17, 15) is 31.5 Å². The summed E-state index contributed by atoms with van der Waals surface area (Å²) >= 11 is 0. The smallest absolute Gasteiger partial charge is 0.416 e. The van der Waals surface area contributed by atoms with Crippen LogP contribution in [0.4, 0.5) is 22.0 Å². The van der Waals surface area contributed by atoms with Crippen molar-refractivity contribution in [2.75, 3.05) is 6.61 Å². The van der Waals surface area contributed by atoms with Gasteiger partial charge in [-0.1, -0.05) is 13.8 Å². The number of alkyl halides is 5. The van der Waals surface area contributed by atoms with Crippen LogP contribution < -0.4 is 0 Å². The molecule has 0 N–H and O–H groups in total. The number of ketones is 1. The Labute approximate surface area is 131 Å². The highest BCUT2D eigenvalue weighted by Gasteiger charge is 2.66. The average Bonchev–Trinajstić information content (AvgIpc) is 2.39. The number of carbonyl (C=O) groups excluding carboxylic acids is 2. The number of hydrogen-bond acceptors (Lipinski definition) is 4. The molecule has 4 nitrogen and oxygen atoms in total. The highest BCUT2D eigenvalue weighted by Crippen LogP contribution is 2.39. The van der Waals surface area contributed by atoms with Gasteiger partial charge in [-0.15, -0.1) is 0 Å². The van der Waals surface area contributed by atoms with Crippen molar-refractivity contribution in [1.29, 1.82) is 0 Å². The van der Waals surface area contributed by atoms with Gasteiger partial charge in [0.2, 0.25) is 5.78 Å². The minimum Gasteiger partial charge on any atom is -0.416 e. The highest BCUT2D eigenvalue weighted by atomic mass is 19.4. The van der Waals surface area contributed by atoms with Crippen molar-refractivity contribution in [3.63, 3.8) is 0 Å². The number of ether oxygens (including phenoxy) is 2. The van der Waals surface area contributed by atoms with Gasteiger partial charge in [-0.3, -0.25) is 9.59 Å². The molecule has 1 unspecified atom stereocenters. The van der Waals surface area contributed by atoms with E-state index in [2.05, 4.69) is 9.47 Å². The van der Waals surface area contributed by atoms with Crippen LogP contribution in [0.25, 0.3) is 0 Å². The average molecular weight is 348 g/mol. The van der Waals surface area contributed by atoms with Crippen molar-refractivity contribution in [3.8, 4) is 0 Å². The van der Waals surface area contributed by atoms with E-state index in [1.807, 2.05) is 0 Å². The van der Waals surface area contributed by atoms with E-state index in [1.165, 1.54) is 20.8 Å². The van der Waals surface area contributed by atoms with E-state index in [0.29, 0.717) is 6.92 Å². The van der Waals surface area contributed by atoms with Crippen LogP contribution in [0.5, 0.6) is 0 Å². The van der Waals surface area contributed by atoms with Crippen LogP contribution in [-0.4, -0.2) is 36.2 Å². The molecule has 0 saturated heterocycles. The van der Waals surface area contributed by atoms with Crippen molar-refractivity contribution >= 4 is 11.8 Å². The lowest BCUT2D eigenvalue weighted by molar-refractivity contribution is -0.357. The number of Topliss-reactive ketones (excluding diaryl/α,β-unsaturated/α-hetero) is 1. The maximum absolute atomic E-state index is 13.4. The molecular weight excluding hydrogens is 327 g/mol. The quantitative estimate of drug-likeness (QED) is 0.380. The van der Waals surface area contributed by atoms with E-state index in [1.54, 1.807) is 0 Å². The van der Waals surface area contributed by atoms with Crippen molar-refractivity contribution in [1.82, 2.24) is 0 Å². The van der Waals surface area contributed by atoms with E-state index in [0.717, 1.165) is 6.92 Å². The zero-order valence-electron chi connectivity index (χ0n) is 13.6. The van der Waals surface area contributed by atoms with Crippen LogP contribution >= 0.6 is 0 Å². The van der Waals surface area contributed by atoms with Gasteiger partial charge in [-0.2, -0.15) is 13.2 Å². The second-order valence-electron chi connectivity index (χ2n) is 5.88. The van der Waals surface area contributed by atoms with E-state index in [-0.39, 0.29) is 6.42 Å². The topological polar surface area (TPSA) is 52.6 Å². The Morgan fingerprint density at radius 3 is 1.74 bits per heavy atom. The molecule has 0 amide bonds. The molecule has 0 radical (unpaired) electrons. The van der Waals surface area contributed by atoms with Crippen LogP contribution in [0.15, 0.2) is 0 Å². The standard InChI is InChI=1S/C14H21F5O4/c1-6-9(20)13(14(17,18)19,22-8-12(5,15)16)23-10(21)11(3,4)7-2/h6-8H2,1-5H3. The molecule has 1 atom stereocenters. The number of esters is 1. The monoisotopic (exact) mass is 348 g/mol. The van der Waals surface area contributed by atoms with Gasteiger partial charge in [0.1, 0.15) is 6.61 Å². The normalized spacial score (nSPS) is 15.9. The molecule has 0 aliphatic heterocycles. The summed E-state index contributed by atoms with van der Waals surface area (Å²) in [6.45, 7) is 3.82. The van der Waals surface area contributed by atoms with Crippen LogP contribution in [0, 0.1) is 5.41 Å². The van der Waals surface area contributed by atoms with Crippen molar-refractivity contribution in [2.24, 2.45) is 5.41 Å². The molecule has 0 fully saturated rings. The first-order valence-corrected chi connectivity index (χ1v) is 6.98. The zero-order chi connectivity index (χ0) is 18.7. The Balaban J connectivity index is 5.84. The van der Waals surface area contributed by atoms with Gasteiger partial charge in [0.15, 0.2) is 0 Å². The number of hydrogen-bond donors (Lipinski definition) is 0. The van der Waals surface area contributed by atoms with E-state index in [4.69, 9.17) is 0 Å². The third kappa shape index (κ3) is 5.40. The Hall–Kier alpha value is -1.25. The Kier molecular flexibility index (Phi) is 6.72. The summed E-state index contributed by atoms with van der Waals surface area (Å²) in [7, 11) is 0. The molecule has 136 valence electrons. The first-order valence-electron chi connectivity index (χ1n) is 6.98. The molecule has 0 rings (SSSR count). The fourth-order valence-electron chi connectivity index (χ4n) is 1.34. The molecule has 0 aromatic rings.